The number of carbonyl (C=O) groups excluding carboxylic acids is 1. The average molecular weight is 271 g/mol. The maximum absolute atomic E-state index is 12.5. The number of carbonyl (C=O) groups is 1. The van der Waals surface area contributed by atoms with E-state index in [1.807, 2.05) is 25.1 Å². The van der Waals surface area contributed by atoms with Gasteiger partial charge in [0.2, 0.25) is 0 Å². The summed E-state index contributed by atoms with van der Waals surface area (Å²) < 4.78 is 0. The molecule has 0 atom stereocenters. The Balaban J connectivity index is 2.21. The quantitative estimate of drug-likeness (QED) is 0.634. The van der Waals surface area contributed by atoms with Gasteiger partial charge in [-0.15, -0.1) is 0 Å². The maximum Gasteiger partial charge on any atom is 0.257 e. The van der Waals surface area contributed by atoms with E-state index in [1.54, 1.807) is 23.4 Å². The lowest BCUT2D eigenvalue weighted by molar-refractivity contribution is 0.0751. The van der Waals surface area contributed by atoms with Crippen LogP contribution in [0.1, 0.15) is 23.0 Å². The van der Waals surface area contributed by atoms with Gasteiger partial charge in [0.1, 0.15) is 0 Å². The van der Waals surface area contributed by atoms with Gasteiger partial charge in [-0.3, -0.25) is 20.6 Å². The second-order valence-electron chi connectivity index (χ2n) is 4.21. The first-order valence-electron chi connectivity index (χ1n) is 6.36. The van der Waals surface area contributed by atoms with E-state index in [0.717, 1.165) is 5.69 Å². The molecule has 0 spiro atoms. The molecule has 104 valence electrons. The van der Waals surface area contributed by atoms with E-state index >= 15 is 0 Å². The first kappa shape index (κ1) is 14.0. The van der Waals surface area contributed by atoms with Crippen LogP contribution < -0.4 is 11.3 Å². The van der Waals surface area contributed by atoms with Gasteiger partial charge in [-0.25, -0.2) is 0 Å². The van der Waals surface area contributed by atoms with Crippen LogP contribution >= 0.6 is 0 Å². The molecule has 1 amide bonds. The van der Waals surface area contributed by atoms with Gasteiger partial charge in [-0.1, -0.05) is 6.07 Å². The fraction of sp³-hybridized carbons (Fsp3) is 0.214. The van der Waals surface area contributed by atoms with Crippen molar-refractivity contribution in [2.45, 2.75) is 13.5 Å². The van der Waals surface area contributed by atoms with E-state index in [0.29, 0.717) is 24.3 Å². The number of hydrogen-bond donors (Lipinski definition) is 2. The topological polar surface area (TPSA) is 84.1 Å². The number of amides is 1. The number of rotatable bonds is 5. The van der Waals surface area contributed by atoms with Crippen molar-refractivity contribution in [3.8, 4) is 0 Å². The van der Waals surface area contributed by atoms with Gasteiger partial charge in [0.25, 0.3) is 5.91 Å². The normalized spacial score (nSPS) is 10.1. The summed E-state index contributed by atoms with van der Waals surface area (Å²) in [6.45, 7) is 2.95. The highest BCUT2D eigenvalue weighted by Crippen LogP contribution is 2.15. The first-order valence-corrected chi connectivity index (χ1v) is 6.36. The molecular weight excluding hydrogens is 254 g/mol. The summed E-state index contributed by atoms with van der Waals surface area (Å²) in [7, 11) is 0. The predicted molar refractivity (Wildman–Crippen MR) is 76.7 cm³/mol. The summed E-state index contributed by atoms with van der Waals surface area (Å²) in [4.78, 5) is 22.4. The minimum atomic E-state index is -0.126. The van der Waals surface area contributed by atoms with Gasteiger partial charge in [0, 0.05) is 25.1 Å². The largest absolute Gasteiger partial charge is 0.333 e. The van der Waals surface area contributed by atoms with Crippen molar-refractivity contribution in [3.63, 3.8) is 0 Å². The molecule has 0 fully saturated rings. The number of nitrogens with zero attached hydrogens (tertiary/aromatic N) is 3. The molecule has 0 aliphatic carbocycles. The van der Waals surface area contributed by atoms with Crippen LogP contribution in [0.2, 0.25) is 0 Å². The van der Waals surface area contributed by atoms with Crippen LogP contribution in [0.25, 0.3) is 0 Å². The van der Waals surface area contributed by atoms with Crippen LogP contribution in [0.5, 0.6) is 0 Å². The Morgan fingerprint density at radius 2 is 2.20 bits per heavy atom. The Morgan fingerprint density at radius 3 is 2.85 bits per heavy atom. The molecule has 20 heavy (non-hydrogen) atoms. The lowest BCUT2D eigenvalue weighted by Gasteiger charge is -2.21. The Bertz CT molecular complexity index is 573. The van der Waals surface area contributed by atoms with E-state index in [4.69, 9.17) is 5.84 Å². The Labute approximate surface area is 117 Å². The number of aromatic nitrogens is 2. The molecule has 3 N–H and O–H groups in total. The van der Waals surface area contributed by atoms with Crippen molar-refractivity contribution in [2.75, 3.05) is 12.0 Å². The molecular formula is C14H17N5O. The third-order valence-electron chi connectivity index (χ3n) is 2.95. The van der Waals surface area contributed by atoms with Crippen molar-refractivity contribution < 1.29 is 4.79 Å². The summed E-state index contributed by atoms with van der Waals surface area (Å²) in [5, 5.41) is 0. The number of nitrogen functional groups attached to an aromatic ring is 1. The molecule has 2 aromatic heterocycles. The molecule has 6 nitrogen and oxygen atoms in total. The molecule has 0 saturated heterocycles. The lowest BCUT2D eigenvalue weighted by atomic mass is 10.2. The average Bonchev–Trinajstić information content (AvgIpc) is 2.53. The zero-order valence-corrected chi connectivity index (χ0v) is 11.3. The van der Waals surface area contributed by atoms with Crippen LogP contribution in [0.3, 0.4) is 0 Å². The molecule has 2 rings (SSSR count). The summed E-state index contributed by atoms with van der Waals surface area (Å²) in [6.07, 6.45) is 4.81. The second kappa shape index (κ2) is 6.63. The Kier molecular flexibility index (Phi) is 4.62. The Hall–Kier alpha value is -2.47. The highest BCUT2D eigenvalue weighted by molar-refractivity contribution is 5.99. The molecule has 2 aromatic rings. The summed E-state index contributed by atoms with van der Waals surface area (Å²) in [6, 6.07) is 7.31. The number of hydrazine groups is 1. The number of hydrogen-bond acceptors (Lipinski definition) is 5. The molecule has 0 bridgehead atoms. The molecule has 0 unspecified atom stereocenters. The summed E-state index contributed by atoms with van der Waals surface area (Å²) in [5.41, 5.74) is 4.37. The highest BCUT2D eigenvalue weighted by Gasteiger charge is 2.18. The van der Waals surface area contributed by atoms with Crippen molar-refractivity contribution >= 4 is 11.6 Å². The van der Waals surface area contributed by atoms with Gasteiger partial charge < -0.3 is 10.3 Å². The van der Waals surface area contributed by atoms with E-state index < -0.39 is 0 Å². The van der Waals surface area contributed by atoms with Crippen LogP contribution in [0.15, 0.2) is 42.9 Å². The van der Waals surface area contributed by atoms with Crippen LogP contribution in [-0.2, 0) is 6.54 Å². The predicted octanol–water partition coefficient (Wildman–Crippen LogP) is 1.42. The standard InChI is InChI=1S/C14H17N5O/c1-2-19(10-11-5-3-4-7-17-11)14(20)12-9-16-8-6-13(12)18-15/h3-9H,2,10,15H2,1H3,(H,16,18). The van der Waals surface area contributed by atoms with Crippen molar-refractivity contribution in [3.05, 3.63) is 54.1 Å². The van der Waals surface area contributed by atoms with Gasteiger partial charge in [0.15, 0.2) is 0 Å². The van der Waals surface area contributed by atoms with Crippen LogP contribution in [-0.4, -0.2) is 27.3 Å². The molecule has 2 heterocycles. The van der Waals surface area contributed by atoms with Gasteiger partial charge in [-0.05, 0) is 25.1 Å². The smallest absolute Gasteiger partial charge is 0.257 e. The number of nitrogens with two attached hydrogens (primary N) is 1. The van der Waals surface area contributed by atoms with E-state index in [9.17, 15) is 4.79 Å². The number of anilines is 1. The zero-order chi connectivity index (χ0) is 14.4. The Morgan fingerprint density at radius 1 is 1.35 bits per heavy atom. The second-order valence-corrected chi connectivity index (χ2v) is 4.21. The van der Waals surface area contributed by atoms with Gasteiger partial charge in [0.05, 0.1) is 23.5 Å². The van der Waals surface area contributed by atoms with Gasteiger partial charge >= 0.3 is 0 Å². The van der Waals surface area contributed by atoms with Crippen LogP contribution in [0, 0.1) is 0 Å². The highest BCUT2D eigenvalue weighted by atomic mass is 16.2. The molecule has 0 aliphatic heterocycles. The van der Waals surface area contributed by atoms with E-state index in [2.05, 4.69) is 15.4 Å². The monoisotopic (exact) mass is 271 g/mol. The van der Waals surface area contributed by atoms with E-state index in [1.165, 1.54) is 6.20 Å². The minimum absolute atomic E-state index is 0.126. The third-order valence-corrected chi connectivity index (χ3v) is 2.95. The molecule has 0 radical (unpaired) electrons. The fourth-order valence-electron chi connectivity index (χ4n) is 1.88. The first-order chi connectivity index (χ1) is 9.76. The number of pyridine rings is 2. The molecule has 0 aromatic carbocycles. The lowest BCUT2D eigenvalue weighted by Crippen LogP contribution is -2.31. The molecule has 6 heteroatoms. The number of nitrogens with one attached hydrogen (secondary N) is 1. The van der Waals surface area contributed by atoms with Crippen LogP contribution in [0.4, 0.5) is 5.69 Å². The summed E-state index contributed by atoms with van der Waals surface area (Å²) in [5.74, 6) is 5.30. The fourth-order valence-corrected chi connectivity index (χ4v) is 1.88. The molecule has 0 aliphatic rings. The van der Waals surface area contributed by atoms with Gasteiger partial charge in [-0.2, -0.15) is 0 Å². The van der Waals surface area contributed by atoms with Crippen molar-refractivity contribution in [2.24, 2.45) is 5.84 Å². The van der Waals surface area contributed by atoms with E-state index in [-0.39, 0.29) is 5.91 Å². The van der Waals surface area contributed by atoms with Crippen molar-refractivity contribution in [1.82, 2.24) is 14.9 Å². The molecule has 0 saturated carbocycles. The summed E-state index contributed by atoms with van der Waals surface area (Å²) >= 11 is 0. The zero-order valence-electron chi connectivity index (χ0n) is 11.3. The SMILES string of the molecule is CCN(Cc1ccccn1)C(=O)c1cnccc1NN. The maximum atomic E-state index is 12.5. The van der Waals surface area contributed by atoms with Crippen molar-refractivity contribution in [1.29, 1.82) is 0 Å². The third kappa shape index (κ3) is 3.10. The minimum Gasteiger partial charge on any atom is -0.333 e.